The molecule has 3 atom stereocenters. The van der Waals surface area contributed by atoms with Gasteiger partial charge in [0.05, 0.1) is 14.2 Å². The summed E-state index contributed by atoms with van der Waals surface area (Å²) < 4.78 is 16.4. The first-order chi connectivity index (χ1) is 11.8. The van der Waals surface area contributed by atoms with Gasteiger partial charge in [0, 0.05) is 13.8 Å². The summed E-state index contributed by atoms with van der Waals surface area (Å²) in [7, 11) is -1.49. The summed E-state index contributed by atoms with van der Waals surface area (Å²) >= 11 is 0. The molecular weight excluding hydrogens is 336 g/mol. The van der Waals surface area contributed by atoms with Gasteiger partial charge >= 0.3 is 11.9 Å². The first-order valence-electron chi connectivity index (χ1n) is 9.10. The van der Waals surface area contributed by atoms with Gasteiger partial charge in [0.15, 0.2) is 0 Å². The normalized spacial score (nSPS) is 23.2. The SMILES string of the molecule is C=C(C[C@@H]1C=C[C@@H](OC(C)=O)[C@@H](COC(C)=O)O1)[Si](CC)(CC)CC. The Labute approximate surface area is 152 Å². The standard InChI is InChI=1S/C19H32O5Si/c1-7-25(8-2,9-3)14(4)12-17-10-11-18(23-16(6)21)19(24-17)13-22-15(5)20/h10-11,17-19H,4,7-9,12-13H2,1-3,5-6H3/t17-,18+,19+/m0/s1. The average Bonchev–Trinajstić information content (AvgIpc) is 2.56. The van der Waals surface area contributed by atoms with E-state index in [2.05, 4.69) is 27.4 Å². The van der Waals surface area contributed by atoms with Crippen LogP contribution in [0.2, 0.25) is 18.1 Å². The van der Waals surface area contributed by atoms with E-state index in [1.54, 1.807) is 0 Å². The lowest BCUT2D eigenvalue weighted by Crippen LogP contribution is -2.43. The van der Waals surface area contributed by atoms with Crippen molar-refractivity contribution in [2.24, 2.45) is 0 Å². The summed E-state index contributed by atoms with van der Waals surface area (Å²) in [5.74, 6) is -0.765. The van der Waals surface area contributed by atoms with Crippen molar-refractivity contribution in [1.29, 1.82) is 0 Å². The zero-order chi connectivity index (χ0) is 19.0. The van der Waals surface area contributed by atoms with Gasteiger partial charge in [-0.25, -0.2) is 0 Å². The molecule has 0 amide bonds. The van der Waals surface area contributed by atoms with Gasteiger partial charge in [-0.2, -0.15) is 0 Å². The Hall–Kier alpha value is -1.40. The summed E-state index contributed by atoms with van der Waals surface area (Å²) in [5, 5.41) is 1.31. The highest BCUT2D eigenvalue weighted by Gasteiger charge is 2.35. The van der Waals surface area contributed by atoms with Gasteiger partial charge in [-0.15, -0.1) is 6.58 Å². The summed E-state index contributed by atoms with van der Waals surface area (Å²) in [5.41, 5.74) is 0. The largest absolute Gasteiger partial charge is 0.463 e. The minimum Gasteiger partial charge on any atom is -0.463 e. The number of ether oxygens (including phenoxy) is 3. The van der Waals surface area contributed by atoms with Gasteiger partial charge in [0.1, 0.15) is 18.8 Å². The minimum absolute atomic E-state index is 0.0680. The summed E-state index contributed by atoms with van der Waals surface area (Å²) in [6.07, 6.45) is 3.38. The molecule has 0 aliphatic carbocycles. The molecule has 1 aliphatic rings. The fourth-order valence-corrected chi connectivity index (χ4v) is 7.05. The molecule has 0 radical (unpaired) electrons. The van der Waals surface area contributed by atoms with Crippen molar-refractivity contribution in [3.63, 3.8) is 0 Å². The fraction of sp³-hybridized carbons (Fsp3) is 0.684. The maximum atomic E-state index is 11.3. The monoisotopic (exact) mass is 368 g/mol. The second-order valence-electron chi connectivity index (χ2n) is 6.62. The van der Waals surface area contributed by atoms with E-state index in [-0.39, 0.29) is 24.6 Å². The molecule has 5 nitrogen and oxygen atoms in total. The van der Waals surface area contributed by atoms with Crippen molar-refractivity contribution in [1.82, 2.24) is 0 Å². The molecule has 0 aromatic heterocycles. The predicted molar refractivity (Wildman–Crippen MR) is 101 cm³/mol. The van der Waals surface area contributed by atoms with Gasteiger partial charge < -0.3 is 14.2 Å². The van der Waals surface area contributed by atoms with Crippen LogP contribution in [0.5, 0.6) is 0 Å². The highest BCUT2D eigenvalue weighted by molar-refractivity contribution is 6.86. The van der Waals surface area contributed by atoms with Crippen LogP contribution < -0.4 is 0 Å². The molecule has 0 bridgehead atoms. The van der Waals surface area contributed by atoms with Gasteiger partial charge in [-0.1, -0.05) is 50.2 Å². The highest BCUT2D eigenvalue weighted by atomic mass is 28.3. The quantitative estimate of drug-likeness (QED) is 0.352. The first-order valence-corrected chi connectivity index (χ1v) is 11.7. The van der Waals surface area contributed by atoms with Crippen LogP contribution in [0, 0.1) is 0 Å². The number of esters is 2. The Kier molecular flexibility index (Phi) is 8.59. The van der Waals surface area contributed by atoms with Crippen LogP contribution in [0.3, 0.4) is 0 Å². The minimum atomic E-state index is -1.49. The number of carbonyl (C=O) groups is 2. The molecule has 0 fully saturated rings. The van der Waals surface area contributed by atoms with E-state index < -0.39 is 20.3 Å². The lowest BCUT2D eigenvalue weighted by molar-refractivity contribution is -0.163. The topological polar surface area (TPSA) is 61.8 Å². The Morgan fingerprint density at radius 2 is 1.68 bits per heavy atom. The van der Waals surface area contributed by atoms with Crippen LogP contribution in [0.15, 0.2) is 23.9 Å². The molecule has 0 saturated heterocycles. The van der Waals surface area contributed by atoms with Crippen LogP contribution in [0.4, 0.5) is 0 Å². The van der Waals surface area contributed by atoms with E-state index in [4.69, 9.17) is 14.2 Å². The molecule has 1 aliphatic heterocycles. The highest BCUT2D eigenvalue weighted by Crippen LogP contribution is 2.32. The second-order valence-corrected chi connectivity index (χ2v) is 12.0. The third-order valence-corrected chi connectivity index (χ3v) is 11.0. The Balaban J connectivity index is 2.83. The van der Waals surface area contributed by atoms with Gasteiger partial charge in [0.25, 0.3) is 0 Å². The van der Waals surface area contributed by atoms with Crippen molar-refractivity contribution >= 4 is 20.0 Å². The van der Waals surface area contributed by atoms with Gasteiger partial charge in [-0.05, 0) is 12.5 Å². The summed E-state index contributed by atoms with van der Waals surface area (Å²) in [6.45, 7) is 13.9. The maximum Gasteiger partial charge on any atom is 0.303 e. The van der Waals surface area contributed by atoms with E-state index >= 15 is 0 Å². The van der Waals surface area contributed by atoms with E-state index in [1.807, 2.05) is 12.2 Å². The Morgan fingerprint density at radius 1 is 1.08 bits per heavy atom. The zero-order valence-electron chi connectivity index (χ0n) is 16.2. The van der Waals surface area contributed by atoms with E-state index in [1.165, 1.54) is 37.2 Å². The number of hydrogen-bond donors (Lipinski definition) is 0. The molecular formula is C19H32O5Si. The second kappa shape index (κ2) is 9.92. The van der Waals surface area contributed by atoms with Gasteiger partial charge in [-0.3, -0.25) is 9.59 Å². The average molecular weight is 369 g/mol. The molecule has 0 spiro atoms. The molecule has 0 aromatic carbocycles. The zero-order valence-corrected chi connectivity index (χ0v) is 17.2. The van der Waals surface area contributed by atoms with E-state index in [0.717, 1.165) is 6.42 Å². The molecule has 0 unspecified atom stereocenters. The lowest BCUT2D eigenvalue weighted by atomic mass is 10.1. The van der Waals surface area contributed by atoms with E-state index in [0.29, 0.717) is 0 Å². The first kappa shape index (κ1) is 21.6. The maximum absolute atomic E-state index is 11.3. The molecule has 0 saturated carbocycles. The third kappa shape index (κ3) is 6.11. The van der Waals surface area contributed by atoms with Crippen LogP contribution in [-0.4, -0.2) is 44.9 Å². The molecule has 1 rings (SSSR count). The summed E-state index contributed by atoms with van der Waals surface area (Å²) in [6, 6.07) is 3.55. The molecule has 1 heterocycles. The molecule has 0 N–H and O–H groups in total. The van der Waals surface area contributed by atoms with Crippen LogP contribution in [-0.2, 0) is 23.8 Å². The fourth-order valence-electron chi connectivity index (χ4n) is 3.42. The summed E-state index contributed by atoms with van der Waals surface area (Å²) in [4.78, 5) is 22.4. The predicted octanol–water partition coefficient (Wildman–Crippen LogP) is 3.80. The number of hydrogen-bond acceptors (Lipinski definition) is 5. The molecule has 6 heteroatoms. The smallest absolute Gasteiger partial charge is 0.303 e. The Morgan fingerprint density at radius 3 is 2.16 bits per heavy atom. The van der Waals surface area contributed by atoms with Crippen molar-refractivity contribution in [3.8, 4) is 0 Å². The number of carbonyl (C=O) groups excluding carboxylic acids is 2. The van der Waals surface area contributed by atoms with Crippen LogP contribution >= 0.6 is 0 Å². The molecule has 142 valence electrons. The third-order valence-electron chi connectivity index (χ3n) is 5.21. The van der Waals surface area contributed by atoms with Crippen molar-refractivity contribution in [2.45, 2.75) is 77.5 Å². The van der Waals surface area contributed by atoms with Crippen LogP contribution in [0.25, 0.3) is 0 Å². The number of rotatable bonds is 9. The van der Waals surface area contributed by atoms with Gasteiger partial charge in [0.2, 0.25) is 0 Å². The van der Waals surface area contributed by atoms with Crippen LogP contribution in [0.1, 0.15) is 41.0 Å². The van der Waals surface area contributed by atoms with Crippen molar-refractivity contribution < 1.29 is 23.8 Å². The van der Waals surface area contributed by atoms with E-state index in [9.17, 15) is 9.59 Å². The van der Waals surface area contributed by atoms with Crippen molar-refractivity contribution in [3.05, 3.63) is 23.9 Å². The molecule has 25 heavy (non-hydrogen) atoms. The Bertz CT molecular complexity index is 502. The lowest BCUT2D eigenvalue weighted by Gasteiger charge is -2.35. The van der Waals surface area contributed by atoms with Crippen molar-refractivity contribution in [2.75, 3.05) is 6.61 Å². The molecule has 0 aromatic rings.